The molecule has 0 radical (unpaired) electrons. The monoisotopic (exact) mass is 320 g/mol. The number of hydrogen-bond donors (Lipinski definition) is 2. The number of fused-ring (bicyclic) bond motifs is 1. The van der Waals surface area contributed by atoms with Crippen LogP contribution in [-0.2, 0) is 11.2 Å². The Bertz CT molecular complexity index is 878. The number of carboxylic acid groups (broad SMARTS) is 1. The third-order valence-electron chi connectivity index (χ3n) is 3.78. The Morgan fingerprint density at radius 3 is 2.54 bits per heavy atom. The van der Waals surface area contributed by atoms with Gasteiger partial charge in [0.05, 0.1) is 5.56 Å². The number of aliphatic carboxylic acids is 1. The summed E-state index contributed by atoms with van der Waals surface area (Å²) >= 11 is 0. The number of amides is 1. The second kappa shape index (κ2) is 6.91. The number of nitrogens with one attached hydrogen (secondary N) is 1. The lowest BCUT2D eigenvalue weighted by molar-refractivity contribution is -0.139. The molecule has 1 aromatic heterocycles. The standard InChI is InChI=1S/C19H16N2O3/c22-18(16-6-3-9-20-12-16)21-17(19(23)24)11-13-7-8-14-4-1-2-5-15(14)10-13/h1-10,12,17H,11H2,(H,21,22)(H,23,24)/t17-/m1/s1. The molecule has 1 amide bonds. The van der Waals surface area contributed by atoms with Crippen LogP contribution in [0.5, 0.6) is 0 Å². The maximum absolute atomic E-state index is 12.1. The molecule has 2 aromatic carbocycles. The van der Waals surface area contributed by atoms with Gasteiger partial charge in [-0.3, -0.25) is 9.78 Å². The topological polar surface area (TPSA) is 79.3 Å². The highest BCUT2D eigenvalue weighted by Crippen LogP contribution is 2.17. The minimum Gasteiger partial charge on any atom is -0.480 e. The van der Waals surface area contributed by atoms with Crippen LogP contribution in [0.15, 0.2) is 67.0 Å². The minimum absolute atomic E-state index is 0.214. The van der Waals surface area contributed by atoms with Crippen LogP contribution in [0.2, 0.25) is 0 Å². The van der Waals surface area contributed by atoms with E-state index in [1.54, 1.807) is 18.3 Å². The average molecular weight is 320 g/mol. The van der Waals surface area contributed by atoms with E-state index in [4.69, 9.17) is 0 Å². The molecule has 5 nitrogen and oxygen atoms in total. The summed E-state index contributed by atoms with van der Waals surface area (Å²) < 4.78 is 0. The third-order valence-corrected chi connectivity index (χ3v) is 3.78. The minimum atomic E-state index is -1.07. The smallest absolute Gasteiger partial charge is 0.326 e. The predicted octanol–water partition coefficient (Wildman–Crippen LogP) is 2.66. The van der Waals surface area contributed by atoms with Crippen LogP contribution >= 0.6 is 0 Å². The van der Waals surface area contributed by atoms with Gasteiger partial charge in [-0.15, -0.1) is 0 Å². The van der Waals surface area contributed by atoms with Crippen LogP contribution in [0.1, 0.15) is 15.9 Å². The number of nitrogens with zero attached hydrogens (tertiary/aromatic N) is 1. The van der Waals surface area contributed by atoms with Gasteiger partial charge in [-0.2, -0.15) is 0 Å². The Kier molecular flexibility index (Phi) is 4.52. The van der Waals surface area contributed by atoms with Crippen LogP contribution in [0.3, 0.4) is 0 Å². The molecule has 0 saturated heterocycles. The van der Waals surface area contributed by atoms with Crippen molar-refractivity contribution < 1.29 is 14.7 Å². The number of benzene rings is 2. The number of rotatable bonds is 5. The molecule has 0 spiro atoms. The first kappa shape index (κ1) is 15.7. The molecule has 3 rings (SSSR count). The van der Waals surface area contributed by atoms with Gasteiger partial charge in [-0.1, -0.05) is 42.5 Å². The fourth-order valence-corrected chi connectivity index (χ4v) is 2.54. The molecule has 0 unspecified atom stereocenters. The summed E-state index contributed by atoms with van der Waals surface area (Å²) in [7, 11) is 0. The zero-order chi connectivity index (χ0) is 16.9. The lowest BCUT2D eigenvalue weighted by Crippen LogP contribution is -2.42. The Labute approximate surface area is 139 Å². The van der Waals surface area contributed by atoms with Crippen molar-refractivity contribution in [2.24, 2.45) is 0 Å². The van der Waals surface area contributed by atoms with Crippen molar-refractivity contribution in [1.29, 1.82) is 0 Å². The van der Waals surface area contributed by atoms with E-state index in [1.807, 2.05) is 42.5 Å². The molecule has 0 bridgehead atoms. The number of pyridine rings is 1. The quantitative estimate of drug-likeness (QED) is 0.757. The van der Waals surface area contributed by atoms with Crippen LogP contribution in [-0.4, -0.2) is 28.0 Å². The molecule has 0 aliphatic heterocycles. The van der Waals surface area contributed by atoms with Gasteiger partial charge in [0.25, 0.3) is 5.91 Å². The second-order valence-electron chi connectivity index (χ2n) is 5.49. The van der Waals surface area contributed by atoms with E-state index in [0.717, 1.165) is 16.3 Å². The van der Waals surface area contributed by atoms with Crippen molar-refractivity contribution in [3.63, 3.8) is 0 Å². The van der Waals surface area contributed by atoms with Gasteiger partial charge in [0.2, 0.25) is 0 Å². The third kappa shape index (κ3) is 3.57. The van der Waals surface area contributed by atoms with Crippen molar-refractivity contribution in [2.45, 2.75) is 12.5 Å². The molecule has 24 heavy (non-hydrogen) atoms. The lowest BCUT2D eigenvalue weighted by atomic mass is 10.0. The van der Waals surface area contributed by atoms with E-state index < -0.39 is 17.9 Å². The van der Waals surface area contributed by atoms with E-state index in [-0.39, 0.29) is 6.42 Å². The Morgan fingerprint density at radius 1 is 1.04 bits per heavy atom. The fraction of sp³-hybridized carbons (Fsp3) is 0.105. The Balaban J connectivity index is 1.78. The average Bonchev–Trinajstić information content (AvgIpc) is 2.61. The van der Waals surface area contributed by atoms with Gasteiger partial charge < -0.3 is 10.4 Å². The van der Waals surface area contributed by atoms with E-state index in [2.05, 4.69) is 10.3 Å². The molecule has 1 atom stereocenters. The molecule has 120 valence electrons. The molecule has 0 aliphatic rings. The fourth-order valence-electron chi connectivity index (χ4n) is 2.54. The highest BCUT2D eigenvalue weighted by Gasteiger charge is 2.21. The Morgan fingerprint density at radius 2 is 1.83 bits per heavy atom. The van der Waals surface area contributed by atoms with Gasteiger partial charge >= 0.3 is 5.97 Å². The first-order chi connectivity index (χ1) is 11.6. The lowest BCUT2D eigenvalue weighted by Gasteiger charge is -2.15. The first-order valence-electron chi connectivity index (χ1n) is 7.55. The zero-order valence-electron chi connectivity index (χ0n) is 12.8. The van der Waals surface area contributed by atoms with Crippen molar-refractivity contribution in [1.82, 2.24) is 10.3 Å². The Hall–Kier alpha value is -3.21. The number of hydrogen-bond acceptors (Lipinski definition) is 3. The molecule has 2 N–H and O–H groups in total. The molecule has 3 aromatic rings. The maximum atomic E-state index is 12.1. The van der Waals surface area contributed by atoms with E-state index >= 15 is 0 Å². The highest BCUT2D eigenvalue weighted by molar-refractivity contribution is 5.96. The van der Waals surface area contributed by atoms with Crippen LogP contribution < -0.4 is 5.32 Å². The molecule has 0 aliphatic carbocycles. The summed E-state index contributed by atoms with van der Waals surface area (Å²) in [6, 6.07) is 15.9. The number of carbonyl (C=O) groups is 2. The predicted molar refractivity (Wildman–Crippen MR) is 90.8 cm³/mol. The molecule has 1 heterocycles. The summed E-state index contributed by atoms with van der Waals surface area (Å²) in [4.78, 5) is 27.5. The van der Waals surface area contributed by atoms with Gasteiger partial charge in [0.1, 0.15) is 6.04 Å². The summed E-state index contributed by atoms with van der Waals surface area (Å²) in [5.74, 6) is -1.52. The normalized spacial score (nSPS) is 11.8. The summed E-state index contributed by atoms with van der Waals surface area (Å²) in [6.07, 6.45) is 3.18. The highest BCUT2D eigenvalue weighted by atomic mass is 16.4. The van der Waals surface area contributed by atoms with Crippen molar-refractivity contribution in [3.8, 4) is 0 Å². The number of aromatic nitrogens is 1. The number of carbonyl (C=O) groups excluding carboxylic acids is 1. The van der Waals surface area contributed by atoms with Gasteiger partial charge in [0.15, 0.2) is 0 Å². The van der Waals surface area contributed by atoms with E-state index in [1.165, 1.54) is 6.20 Å². The maximum Gasteiger partial charge on any atom is 0.326 e. The molecule has 0 saturated carbocycles. The van der Waals surface area contributed by atoms with Gasteiger partial charge in [-0.25, -0.2) is 4.79 Å². The van der Waals surface area contributed by atoms with Crippen molar-refractivity contribution in [3.05, 3.63) is 78.1 Å². The van der Waals surface area contributed by atoms with Crippen LogP contribution in [0.4, 0.5) is 0 Å². The molecular weight excluding hydrogens is 304 g/mol. The summed E-state index contributed by atoms with van der Waals surface area (Å²) in [5.41, 5.74) is 1.19. The molecule has 0 fully saturated rings. The van der Waals surface area contributed by atoms with Crippen molar-refractivity contribution >= 4 is 22.6 Å². The summed E-state index contributed by atoms with van der Waals surface area (Å²) in [5, 5.41) is 14.1. The second-order valence-corrected chi connectivity index (χ2v) is 5.49. The van der Waals surface area contributed by atoms with Gasteiger partial charge in [-0.05, 0) is 28.5 Å². The molecular formula is C19H16N2O3. The SMILES string of the molecule is O=C(N[C@H](Cc1ccc2ccccc2c1)C(=O)O)c1cccnc1. The zero-order valence-corrected chi connectivity index (χ0v) is 12.8. The van der Waals surface area contributed by atoms with E-state index in [9.17, 15) is 14.7 Å². The number of carboxylic acids is 1. The van der Waals surface area contributed by atoms with Gasteiger partial charge in [0, 0.05) is 18.8 Å². The van der Waals surface area contributed by atoms with Crippen molar-refractivity contribution in [2.75, 3.05) is 0 Å². The first-order valence-corrected chi connectivity index (χ1v) is 7.55. The van der Waals surface area contributed by atoms with Crippen LogP contribution in [0.25, 0.3) is 10.8 Å². The molecule has 5 heteroatoms. The van der Waals surface area contributed by atoms with E-state index in [0.29, 0.717) is 5.56 Å². The largest absolute Gasteiger partial charge is 0.480 e. The van der Waals surface area contributed by atoms with Crippen LogP contribution in [0, 0.1) is 0 Å². The summed E-state index contributed by atoms with van der Waals surface area (Å²) in [6.45, 7) is 0.